The molecule has 0 aromatic heterocycles. The third-order valence-corrected chi connectivity index (χ3v) is 8.17. The second kappa shape index (κ2) is 10.2. The molecule has 1 spiro atoms. The fourth-order valence-corrected chi connectivity index (χ4v) is 6.65. The molecule has 6 atom stereocenters. The Balaban J connectivity index is 1.69. The summed E-state index contributed by atoms with van der Waals surface area (Å²) in [6, 6.07) is -1.35. The van der Waals surface area contributed by atoms with Gasteiger partial charge in [0.2, 0.25) is 11.8 Å². The lowest BCUT2D eigenvalue weighted by Crippen LogP contribution is -2.60. The zero-order valence-corrected chi connectivity index (χ0v) is 20.2. The molecule has 1 saturated carbocycles. The largest absolute Gasteiger partial charge is 0.465 e. The van der Waals surface area contributed by atoms with Gasteiger partial charge in [0.15, 0.2) is 0 Å². The Labute approximate surface area is 201 Å². The normalized spacial score (nSPS) is 33.5. The number of aliphatic hydroxyl groups excluding tert-OH is 1. The quantitative estimate of drug-likeness (QED) is 0.296. The van der Waals surface area contributed by atoms with Gasteiger partial charge >= 0.3 is 5.97 Å². The second-order valence-electron chi connectivity index (χ2n) is 10.1. The molecule has 2 bridgehead atoms. The molecule has 3 heterocycles. The van der Waals surface area contributed by atoms with Gasteiger partial charge in [-0.15, -0.1) is 13.2 Å². The lowest BCUT2D eigenvalue weighted by Gasteiger charge is -2.41. The molecular weight excluding hydrogens is 436 g/mol. The number of ether oxygens (including phenoxy) is 2. The number of likely N-dealkylation sites (tertiary alicyclic amines) is 1. The highest BCUT2D eigenvalue weighted by molar-refractivity contribution is 5.98. The highest BCUT2D eigenvalue weighted by atomic mass is 16.6. The third kappa shape index (κ3) is 3.98. The predicted molar refractivity (Wildman–Crippen MR) is 126 cm³/mol. The highest BCUT2D eigenvalue weighted by Gasteiger charge is 2.75. The van der Waals surface area contributed by atoms with Crippen LogP contribution in [0.25, 0.3) is 0 Å². The Morgan fingerprint density at radius 3 is 2.65 bits per heavy atom. The van der Waals surface area contributed by atoms with Gasteiger partial charge in [-0.25, -0.2) is 0 Å². The summed E-state index contributed by atoms with van der Waals surface area (Å²) in [5.74, 6) is -2.42. The van der Waals surface area contributed by atoms with E-state index in [1.807, 2.05) is 4.90 Å². The molecule has 2 unspecified atom stereocenters. The van der Waals surface area contributed by atoms with Crippen LogP contribution in [0.3, 0.4) is 0 Å². The number of rotatable bonds is 10. The third-order valence-electron chi connectivity index (χ3n) is 8.17. The number of amides is 2. The van der Waals surface area contributed by atoms with Crippen LogP contribution in [0.5, 0.6) is 0 Å². The first kappa shape index (κ1) is 24.9. The Morgan fingerprint density at radius 1 is 1.26 bits per heavy atom. The minimum Gasteiger partial charge on any atom is -0.465 e. The van der Waals surface area contributed by atoms with E-state index in [0.717, 1.165) is 32.1 Å². The Bertz CT molecular complexity index is 824. The van der Waals surface area contributed by atoms with Crippen LogP contribution in [0.1, 0.15) is 58.3 Å². The van der Waals surface area contributed by atoms with E-state index >= 15 is 0 Å². The fourth-order valence-electron chi connectivity index (χ4n) is 6.65. The van der Waals surface area contributed by atoms with Crippen LogP contribution >= 0.6 is 0 Å². The molecule has 4 aliphatic rings. The van der Waals surface area contributed by atoms with Gasteiger partial charge < -0.3 is 24.4 Å². The zero-order valence-electron chi connectivity index (χ0n) is 20.2. The summed E-state index contributed by atoms with van der Waals surface area (Å²) in [5.41, 5.74) is -1.07. The molecule has 1 aliphatic carbocycles. The van der Waals surface area contributed by atoms with Crippen LogP contribution in [-0.2, 0) is 23.9 Å². The SMILES string of the molecule is C=CCCOC(=O)[C@@H]1[C@H]2C(=O)N([C@H](C)CO)C(C(=O)N(CC=C)C3CCCCC3)C23CC[C@H]1O3. The van der Waals surface area contributed by atoms with Crippen molar-refractivity contribution >= 4 is 17.8 Å². The summed E-state index contributed by atoms with van der Waals surface area (Å²) >= 11 is 0. The molecule has 2 amide bonds. The second-order valence-corrected chi connectivity index (χ2v) is 10.1. The number of esters is 1. The maximum Gasteiger partial charge on any atom is 0.312 e. The van der Waals surface area contributed by atoms with Crippen molar-refractivity contribution in [2.75, 3.05) is 19.8 Å². The number of carbonyl (C=O) groups excluding carboxylic acids is 3. The molecule has 8 heteroatoms. The summed E-state index contributed by atoms with van der Waals surface area (Å²) in [5, 5.41) is 9.98. The van der Waals surface area contributed by atoms with Gasteiger partial charge in [-0.1, -0.05) is 31.4 Å². The number of aliphatic hydroxyl groups is 1. The van der Waals surface area contributed by atoms with Crippen molar-refractivity contribution in [3.8, 4) is 0 Å². The molecule has 188 valence electrons. The van der Waals surface area contributed by atoms with Gasteiger partial charge in [0, 0.05) is 12.6 Å². The van der Waals surface area contributed by atoms with Gasteiger partial charge in [0.1, 0.15) is 11.6 Å². The van der Waals surface area contributed by atoms with E-state index in [2.05, 4.69) is 13.2 Å². The molecule has 8 nitrogen and oxygen atoms in total. The first-order valence-electron chi connectivity index (χ1n) is 12.7. The van der Waals surface area contributed by atoms with E-state index in [0.29, 0.717) is 25.8 Å². The van der Waals surface area contributed by atoms with Crippen LogP contribution in [0.15, 0.2) is 25.3 Å². The van der Waals surface area contributed by atoms with Gasteiger partial charge in [0.05, 0.1) is 37.2 Å². The van der Waals surface area contributed by atoms with Crippen molar-refractivity contribution < 1.29 is 29.0 Å². The van der Waals surface area contributed by atoms with E-state index in [-0.39, 0.29) is 31.1 Å². The Kier molecular flexibility index (Phi) is 7.48. The van der Waals surface area contributed by atoms with Gasteiger partial charge in [-0.2, -0.15) is 0 Å². The number of hydrogen-bond donors (Lipinski definition) is 1. The van der Waals surface area contributed by atoms with E-state index in [9.17, 15) is 19.5 Å². The monoisotopic (exact) mass is 474 g/mol. The van der Waals surface area contributed by atoms with Gasteiger partial charge in [-0.05, 0) is 39.0 Å². The molecule has 3 aliphatic heterocycles. The summed E-state index contributed by atoms with van der Waals surface area (Å²) in [4.78, 5) is 44.4. The number of nitrogens with zero attached hydrogens (tertiary/aromatic N) is 2. The van der Waals surface area contributed by atoms with Gasteiger partial charge in [-0.3, -0.25) is 14.4 Å². The lowest BCUT2D eigenvalue weighted by atomic mass is 9.70. The molecule has 34 heavy (non-hydrogen) atoms. The van der Waals surface area contributed by atoms with Crippen LogP contribution < -0.4 is 0 Å². The highest BCUT2D eigenvalue weighted by Crippen LogP contribution is 2.59. The van der Waals surface area contributed by atoms with Crippen LogP contribution in [-0.4, -0.2) is 82.3 Å². The summed E-state index contributed by atoms with van der Waals surface area (Å²) in [7, 11) is 0. The van der Waals surface area contributed by atoms with Crippen molar-refractivity contribution in [3.63, 3.8) is 0 Å². The summed E-state index contributed by atoms with van der Waals surface area (Å²) in [6.07, 6.45) is 9.76. The van der Waals surface area contributed by atoms with Crippen molar-refractivity contribution in [1.82, 2.24) is 9.80 Å². The van der Waals surface area contributed by atoms with Crippen LogP contribution in [0, 0.1) is 11.8 Å². The van der Waals surface area contributed by atoms with E-state index in [1.54, 1.807) is 19.1 Å². The smallest absolute Gasteiger partial charge is 0.312 e. The number of hydrogen-bond acceptors (Lipinski definition) is 6. The van der Waals surface area contributed by atoms with Crippen LogP contribution in [0.4, 0.5) is 0 Å². The molecule has 4 rings (SSSR count). The van der Waals surface area contributed by atoms with Crippen molar-refractivity contribution in [3.05, 3.63) is 25.3 Å². The average Bonchev–Trinajstić information content (AvgIpc) is 3.49. The lowest BCUT2D eigenvalue weighted by molar-refractivity contribution is -0.156. The Hall–Kier alpha value is -2.19. The fraction of sp³-hybridized carbons (Fsp3) is 0.731. The predicted octanol–water partition coefficient (Wildman–Crippen LogP) is 2.21. The molecular formula is C26H38N2O6. The molecule has 0 aromatic carbocycles. The number of fused-ring (bicyclic) bond motifs is 1. The Morgan fingerprint density at radius 2 is 2.00 bits per heavy atom. The molecule has 4 fully saturated rings. The first-order valence-corrected chi connectivity index (χ1v) is 12.7. The average molecular weight is 475 g/mol. The zero-order chi connectivity index (χ0) is 24.5. The first-order chi connectivity index (χ1) is 16.4. The minimum absolute atomic E-state index is 0.0920. The van der Waals surface area contributed by atoms with E-state index in [1.165, 1.54) is 4.90 Å². The van der Waals surface area contributed by atoms with E-state index in [4.69, 9.17) is 9.47 Å². The van der Waals surface area contributed by atoms with Gasteiger partial charge in [0.25, 0.3) is 0 Å². The van der Waals surface area contributed by atoms with Crippen molar-refractivity contribution in [1.29, 1.82) is 0 Å². The summed E-state index contributed by atoms with van der Waals surface area (Å²) < 4.78 is 11.9. The minimum atomic E-state index is -1.07. The number of carbonyl (C=O) groups is 3. The summed E-state index contributed by atoms with van der Waals surface area (Å²) in [6.45, 7) is 9.56. The standard InChI is InChI=1S/C26H38N2O6/c1-4-6-15-33-25(32)20-19-12-13-26(34-19)21(20)23(30)28(17(3)16-29)22(26)24(31)27(14-5-2)18-10-8-7-9-11-18/h4-5,17-22,29H,1-2,6-16H2,3H3/t17-,19-,20+,21+,22?,26?/m1/s1. The molecule has 1 N–H and O–H groups in total. The maximum atomic E-state index is 14.2. The molecule has 3 saturated heterocycles. The topological polar surface area (TPSA) is 96.4 Å². The van der Waals surface area contributed by atoms with E-state index < -0.39 is 41.6 Å². The van der Waals surface area contributed by atoms with Crippen molar-refractivity contribution in [2.45, 2.75) is 88.1 Å². The van der Waals surface area contributed by atoms with Crippen LogP contribution in [0.2, 0.25) is 0 Å². The van der Waals surface area contributed by atoms with Crippen molar-refractivity contribution in [2.24, 2.45) is 11.8 Å². The maximum absolute atomic E-state index is 14.2. The molecule has 0 radical (unpaired) electrons. The molecule has 0 aromatic rings.